The molecule has 0 amide bonds. The number of halogens is 1. The van der Waals surface area contributed by atoms with Crippen molar-refractivity contribution in [2.24, 2.45) is 0 Å². The van der Waals surface area contributed by atoms with Crippen molar-refractivity contribution >= 4 is 11.6 Å². The summed E-state index contributed by atoms with van der Waals surface area (Å²) in [6.45, 7) is 2.23. The van der Waals surface area contributed by atoms with E-state index in [1.165, 1.54) is 0 Å². The Morgan fingerprint density at radius 3 is 2.50 bits per heavy atom. The number of hydrogen-bond donors (Lipinski definition) is 0. The highest BCUT2D eigenvalue weighted by Crippen LogP contribution is 2.21. The second-order valence-electron chi connectivity index (χ2n) is 3.68. The van der Waals surface area contributed by atoms with Gasteiger partial charge in [0.2, 0.25) is 5.28 Å². The molecule has 2 aromatic rings. The third kappa shape index (κ3) is 3.80. The molecule has 0 spiro atoms. The van der Waals surface area contributed by atoms with E-state index < -0.39 is 0 Å². The van der Waals surface area contributed by atoms with E-state index in [2.05, 4.69) is 21.0 Å². The van der Waals surface area contributed by atoms with Gasteiger partial charge in [0.25, 0.3) is 0 Å². The fourth-order valence-corrected chi connectivity index (χ4v) is 1.57. The van der Waals surface area contributed by atoms with Gasteiger partial charge in [-0.15, -0.1) is 4.98 Å². The molecule has 1 aromatic heterocycles. The lowest BCUT2D eigenvalue weighted by Gasteiger charge is -2.06. The number of hydrogen-bond acceptors (Lipinski definition) is 6. The van der Waals surface area contributed by atoms with Crippen LogP contribution in [0.1, 0.15) is 12.5 Å². The smallest absolute Gasteiger partial charge is 0.329 e. The van der Waals surface area contributed by atoms with Crippen LogP contribution >= 0.6 is 11.6 Å². The summed E-state index contributed by atoms with van der Waals surface area (Å²) in [6, 6.07) is 9.29. The van der Waals surface area contributed by atoms with E-state index in [0.717, 1.165) is 5.56 Å². The quantitative estimate of drug-likeness (QED) is 0.842. The maximum Gasteiger partial charge on any atom is 0.329 e. The second kappa shape index (κ2) is 6.68. The van der Waals surface area contributed by atoms with Crippen LogP contribution in [0.3, 0.4) is 0 Å². The van der Waals surface area contributed by atoms with Gasteiger partial charge < -0.3 is 9.47 Å². The zero-order valence-corrected chi connectivity index (χ0v) is 11.5. The van der Waals surface area contributed by atoms with Gasteiger partial charge >= 0.3 is 12.0 Å². The molecule has 20 heavy (non-hydrogen) atoms. The van der Waals surface area contributed by atoms with Gasteiger partial charge in [0.15, 0.2) is 0 Å². The van der Waals surface area contributed by atoms with Gasteiger partial charge in [0.1, 0.15) is 5.75 Å². The topological polar surface area (TPSA) is 80.9 Å². The fraction of sp³-hybridized carbons (Fsp3) is 0.231. The Balaban J connectivity index is 2.14. The molecule has 102 valence electrons. The first-order chi connectivity index (χ1) is 9.71. The normalized spacial score (nSPS) is 9.85. The molecule has 0 aliphatic carbocycles. The lowest BCUT2D eigenvalue weighted by molar-refractivity contribution is 0.303. The van der Waals surface area contributed by atoms with Crippen LogP contribution in [0.2, 0.25) is 5.28 Å². The monoisotopic (exact) mass is 290 g/mol. The summed E-state index contributed by atoms with van der Waals surface area (Å²) in [7, 11) is 0. The van der Waals surface area contributed by atoms with Crippen molar-refractivity contribution < 1.29 is 9.47 Å². The molecule has 6 nitrogen and oxygen atoms in total. The summed E-state index contributed by atoms with van der Waals surface area (Å²) >= 11 is 5.76. The number of nitriles is 1. The number of aromatic nitrogens is 3. The van der Waals surface area contributed by atoms with Gasteiger partial charge in [-0.1, -0.05) is 12.1 Å². The second-order valence-corrected chi connectivity index (χ2v) is 4.02. The van der Waals surface area contributed by atoms with Crippen molar-refractivity contribution in [2.45, 2.75) is 13.3 Å². The molecule has 0 aliphatic rings. The Labute approximate surface area is 121 Å². The highest BCUT2D eigenvalue weighted by Gasteiger charge is 2.08. The van der Waals surface area contributed by atoms with E-state index in [1.54, 1.807) is 24.3 Å². The van der Waals surface area contributed by atoms with Crippen LogP contribution in [0, 0.1) is 11.3 Å². The van der Waals surface area contributed by atoms with Crippen LogP contribution in [0.5, 0.6) is 17.8 Å². The maximum atomic E-state index is 8.60. The third-order valence-electron chi connectivity index (χ3n) is 2.26. The number of rotatable bonds is 5. The average molecular weight is 291 g/mol. The molecule has 1 heterocycles. The Hall–Kier alpha value is -2.39. The number of ether oxygens (including phenoxy) is 2. The van der Waals surface area contributed by atoms with E-state index in [9.17, 15) is 0 Å². The molecular weight excluding hydrogens is 280 g/mol. The summed E-state index contributed by atoms with van der Waals surface area (Å²) in [4.78, 5) is 11.6. The number of benzene rings is 1. The predicted molar refractivity (Wildman–Crippen MR) is 71.8 cm³/mol. The van der Waals surface area contributed by atoms with Gasteiger partial charge in [-0.25, -0.2) is 0 Å². The van der Waals surface area contributed by atoms with E-state index in [0.29, 0.717) is 18.8 Å². The van der Waals surface area contributed by atoms with E-state index in [-0.39, 0.29) is 17.3 Å². The van der Waals surface area contributed by atoms with Crippen molar-refractivity contribution in [3.63, 3.8) is 0 Å². The Bertz CT molecular complexity index is 625. The lowest BCUT2D eigenvalue weighted by Crippen LogP contribution is -2.01. The lowest BCUT2D eigenvalue weighted by atomic mass is 10.2. The standard InChI is InChI=1S/C13H11ClN4O2/c1-2-19-12-16-11(14)17-13(18-12)20-10-5-3-9(4-6-10)7-8-15/h3-6H,2,7H2,1H3. The molecule has 0 N–H and O–H groups in total. The third-order valence-corrected chi connectivity index (χ3v) is 2.43. The SMILES string of the molecule is CCOc1nc(Cl)nc(Oc2ccc(CC#N)cc2)n1. The molecular formula is C13H11ClN4O2. The fourth-order valence-electron chi connectivity index (χ4n) is 1.43. The van der Waals surface area contributed by atoms with Gasteiger partial charge in [0, 0.05) is 0 Å². The van der Waals surface area contributed by atoms with E-state index >= 15 is 0 Å². The molecule has 2 rings (SSSR count). The number of nitrogens with zero attached hydrogens (tertiary/aromatic N) is 4. The zero-order chi connectivity index (χ0) is 14.4. The molecule has 0 saturated carbocycles. The van der Waals surface area contributed by atoms with Crippen LogP contribution in [0.15, 0.2) is 24.3 Å². The minimum atomic E-state index is -0.000416. The van der Waals surface area contributed by atoms with Gasteiger partial charge in [-0.3, -0.25) is 0 Å². The largest absolute Gasteiger partial charge is 0.464 e. The minimum Gasteiger partial charge on any atom is -0.464 e. The van der Waals surface area contributed by atoms with Crippen molar-refractivity contribution in [3.05, 3.63) is 35.1 Å². The van der Waals surface area contributed by atoms with Gasteiger partial charge in [-0.2, -0.15) is 15.2 Å². The molecule has 0 radical (unpaired) electrons. The van der Waals surface area contributed by atoms with Crippen molar-refractivity contribution in [3.8, 4) is 23.8 Å². The van der Waals surface area contributed by atoms with Gasteiger partial charge in [0.05, 0.1) is 19.1 Å². The average Bonchev–Trinajstić information content (AvgIpc) is 2.41. The van der Waals surface area contributed by atoms with Crippen LogP contribution in [0.25, 0.3) is 0 Å². The first-order valence-electron chi connectivity index (χ1n) is 5.89. The Morgan fingerprint density at radius 1 is 1.15 bits per heavy atom. The highest BCUT2D eigenvalue weighted by molar-refractivity contribution is 6.28. The van der Waals surface area contributed by atoms with Crippen LogP contribution in [-0.4, -0.2) is 21.6 Å². The van der Waals surface area contributed by atoms with Gasteiger partial charge in [-0.05, 0) is 36.2 Å². The van der Waals surface area contributed by atoms with Crippen molar-refractivity contribution in [1.82, 2.24) is 15.0 Å². The van der Waals surface area contributed by atoms with E-state index in [1.807, 2.05) is 6.92 Å². The molecule has 0 bridgehead atoms. The van der Waals surface area contributed by atoms with Crippen LogP contribution < -0.4 is 9.47 Å². The van der Waals surface area contributed by atoms with Crippen LogP contribution in [0.4, 0.5) is 0 Å². The maximum absolute atomic E-state index is 8.60. The Morgan fingerprint density at radius 2 is 1.85 bits per heavy atom. The first kappa shape index (κ1) is 14.0. The van der Waals surface area contributed by atoms with Crippen LogP contribution in [-0.2, 0) is 6.42 Å². The zero-order valence-electron chi connectivity index (χ0n) is 10.7. The van der Waals surface area contributed by atoms with E-state index in [4.69, 9.17) is 26.3 Å². The minimum absolute atomic E-state index is 0.000416. The molecule has 0 atom stereocenters. The van der Waals surface area contributed by atoms with Crippen molar-refractivity contribution in [2.75, 3.05) is 6.61 Å². The molecule has 0 aliphatic heterocycles. The predicted octanol–water partition coefficient (Wildman–Crippen LogP) is 2.78. The molecule has 0 fully saturated rings. The summed E-state index contributed by atoms with van der Waals surface area (Å²) < 4.78 is 10.6. The summed E-state index contributed by atoms with van der Waals surface area (Å²) in [5.74, 6) is 0.538. The Kier molecular flexibility index (Phi) is 4.69. The summed E-state index contributed by atoms with van der Waals surface area (Å²) in [5.41, 5.74) is 0.906. The first-order valence-corrected chi connectivity index (χ1v) is 6.27. The molecule has 0 saturated heterocycles. The highest BCUT2D eigenvalue weighted by atomic mass is 35.5. The molecule has 1 aromatic carbocycles. The summed E-state index contributed by atoms with van der Waals surface area (Å²) in [5, 5.41) is 8.60. The molecule has 0 unspecified atom stereocenters. The summed E-state index contributed by atoms with van der Waals surface area (Å²) in [6.07, 6.45) is 0.354. The molecule has 7 heteroatoms. The van der Waals surface area contributed by atoms with Crippen molar-refractivity contribution in [1.29, 1.82) is 5.26 Å².